The van der Waals surface area contributed by atoms with E-state index in [2.05, 4.69) is 5.32 Å². The van der Waals surface area contributed by atoms with Crippen molar-refractivity contribution in [3.63, 3.8) is 0 Å². The van der Waals surface area contributed by atoms with Crippen LogP contribution in [0, 0.1) is 13.8 Å². The minimum atomic E-state index is -4.04. The maximum Gasteiger partial charge on any atom is 0.264 e. The number of nitrogens with zero attached hydrogens (tertiary/aromatic N) is 2. The number of benzene rings is 3. The van der Waals surface area contributed by atoms with Crippen LogP contribution in [0.15, 0.2) is 82.6 Å². The molecule has 0 atom stereocenters. The SMILES string of the molecule is Cc1ccc(C)c(N(CC(=O)Nc2ccc(S(=O)(=O)N3CCOCC3)cc2)S(=O)(=O)c2ccccc2)c1. The van der Waals surface area contributed by atoms with Crippen LogP contribution in [0.1, 0.15) is 11.1 Å². The van der Waals surface area contributed by atoms with E-state index in [9.17, 15) is 21.6 Å². The van der Waals surface area contributed by atoms with Gasteiger partial charge in [0.15, 0.2) is 0 Å². The fourth-order valence-corrected chi connectivity index (χ4v) is 6.89. The lowest BCUT2D eigenvalue weighted by Gasteiger charge is -2.26. The van der Waals surface area contributed by atoms with Crippen LogP contribution < -0.4 is 9.62 Å². The number of nitrogens with one attached hydrogen (secondary N) is 1. The van der Waals surface area contributed by atoms with Gasteiger partial charge in [-0.15, -0.1) is 0 Å². The second-order valence-electron chi connectivity index (χ2n) is 8.70. The number of hydrogen-bond donors (Lipinski definition) is 1. The molecule has 37 heavy (non-hydrogen) atoms. The van der Waals surface area contributed by atoms with Gasteiger partial charge in [-0.1, -0.05) is 30.3 Å². The third-order valence-corrected chi connectivity index (χ3v) is 9.68. The lowest BCUT2D eigenvalue weighted by molar-refractivity contribution is -0.114. The molecule has 1 aliphatic rings. The summed E-state index contributed by atoms with van der Waals surface area (Å²) < 4.78 is 60.5. The number of rotatable bonds is 8. The normalized spacial score (nSPS) is 14.8. The van der Waals surface area contributed by atoms with Gasteiger partial charge in [0.25, 0.3) is 10.0 Å². The molecule has 11 heteroatoms. The summed E-state index contributed by atoms with van der Waals surface area (Å²) in [7, 11) is -7.71. The fraction of sp³-hybridized carbons (Fsp3) is 0.269. The van der Waals surface area contributed by atoms with Crippen LogP contribution in [0.25, 0.3) is 0 Å². The maximum absolute atomic E-state index is 13.6. The maximum atomic E-state index is 13.6. The number of carbonyl (C=O) groups excluding carboxylic acids is 1. The number of carbonyl (C=O) groups is 1. The first-order valence-corrected chi connectivity index (χ1v) is 14.6. The molecule has 1 saturated heterocycles. The molecule has 0 bridgehead atoms. The predicted octanol–water partition coefficient (Wildman–Crippen LogP) is 3.16. The molecule has 0 aliphatic carbocycles. The summed E-state index contributed by atoms with van der Waals surface area (Å²) in [6.07, 6.45) is 0. The number of ether oxygens (including phenoxy) is 1. The highest BCUT2D eigenvalue weighted by atomic mass is 32.2. The Labute approximate surface area is 217 Å². The van der Waals surface area contributed by atoms with Gasteiger partial charge in [-0.3, -0.25) is 9.10 Å². The molecular formula is C26H29N3O6S2. The number of morpholine rings is 1. The van der Waals surface area contributed by atoms with Gasteiger partial charge in [0.1, 0.15) is 6.54 Å². The van der Waals surface area contributed by atoms with Gasteiger partial charge in [0, 0.05) is 18.8 Å². The number of sulfonamides is 2. The molecule has 1 amide bonds. The number of anilines is 2. The lowest BCUT2D eigenvalue weighted by Crippen LogP contribution is -2.40. The third-order valence-electron chi connectivity index (χ3n) is 6.00. The molecule has 1 aliphatic heterocycles. The Kier molecular flexibility index (Phi) is 7.98. The first kappa shape index (κ1) is 26.8. The van der Waals surface area contributed by atoms with Crippen molar-refractivity contribution in [1.29, 1.82) is 0 Å². The van der Waals surface area contributed by atoms with Crippen molar-refractivity contribution in [2.45, 2.75) is 23.6 Å². The number of aryl methyl sites for hydroxylation is 2. The van der Waals surface area contributed by atoms with E-state index >= 15 is 0 Å². The van der Waals surface area contributed by atoms with Crippen molar-refractivity contribution >= 4 is 37.3 Å². The number of amides is 1. The van der Waals surface area contributed by atoms with Gasteiger partial charge in [-0.2, -0.15) is 4.31 Å². The van der Waals surface area contributed by atoms with Crippen molar-refractivity contribution in [2.24, 2.45) is 0 Å². The molecule has 1 N–H and O–H groups in total. The van der Waals surface area contributed by atoms with Crippen molar-refractivity contribution in [1.82, 2.24) is 4.31 Å². The second kappa shape index (κ2) is 11.0. The zero-order valence-electron chi connectivity index (χ0n) is 20.6. The van der Waals surface area contributed by atoms with Crippen LogP contribution >= 0.6 is 0 Å². The molecule has 0 aromatic heterocycles. The van der Waals surface area contributed by atoms with Gasteiger partial charge in [-0.25, -0.2) is 16.8 Å². The molecule has 1 heterocycles. The zero-order valence-corrected chi connectivity index (χ0v) is 22.3. The summed E-state index contributed by atoms with van der Waals surface area (Å²) in [4.78, 5) is 13.2. The standard InChI is InChI=1S/C26H29N3O6S2/c1-20-8-9-21(2)25(18-20)29(37(33,34)23-6-4-3-5-7-23)19-26(30)27-22-10-12-24(13-11-22)36(31,32)28-14-16-35-17-15-28/h3-13,18H,14-17,19H2,1-2H3,(H,27,30). The molecule has 196 valence electrons. The fourth-order valence-electron chi connectivity index (χ4n) is 3.98. The van der Waals surface area contributed by atoms with Gasteiger partial charge in [-0.05, 0) is 67.4 Å². The number of hydrogen-bond acceptors (Lipinski definition) is 6. The minimum Gasteiger partial charge on any atom is -0.379 e. The first-order chi connectivity index (χ1) is 17.6. The summed E-state index contributed by atoms with van der Waals surface area (Å²) in [5, 5.41) is 2.68. The van der Waals surface area contributed by atoms with E-state index < -0.39 is 32.5 Å². The van der Waals surface area contributed by atoms with Crippen molar-refractivity contribution in [2.75, 3.05) is 42.5 Å². The lowest BCUT2D eigenvalue weighted by atomic mass is 10.1. The van der Waals surface area contributed by atoms with Crippen molar-refractivity contribution in [3.8, 4) is 0 Å². The summed E-state index contributed by atoms with van der Waals surface area (Å²) in [5.74, 6) is -0.566. The minimum absolute atomic E-state index is 0.0707. The first-order valence-electron chi connectivity index (χ1n) is 11.7. The van der Waals surface area contributed by atoms with E-state index in [1.165, 1.54) is 40.7 Å². The van der Waals surface area contributed by atoms with Gasteiger partial charge in [0.05, 0.1) is 28.7 Å². The molecular weight excluding hydrogens is 514 g/mol. The van der Waals surface area contributed by atoms with Crippen molar-refractivity contribution in [3.05, 3.63) is 83.9 Å². The van der Waals surface area contributed by atoms with Crippen molar-refractivity contribution < 1.29 is 26.4 Å². The van der Waals surface area contributed by atoms with E-state index in [1.807, 2.05) is 19.1 Å². The Morgan fingerprint density at radius 2 is 1.54 bits per heavy atom. The quantitative estimate of drug-likeness (QED) is 0.467. The Balaban J connectivity index is 1.56. The summed E-state index contributed by atoms with van der Waals surface area (Å²) in [5.41, 5.74) is 2.32. The van der Waals surface area contributed by atoms with Gasteiger partial charge >= 0.3 is 0 Å². The average molecular weight is 544 g/mol. The van der Waals surface area contributed by atoms with Crippen LogP contribution in [0.3, 0.4) is 0 Å². The molecule has 0 spiro atoms. The van der Waals surface area contributed by atoms with Crippen LogP contribution in [0.4, 0.5) is 11.4 Å². The molecule has 3 aromatic rings. The molecule has 3 aromatic carbocycles. The monoisotopic (exact) mass is 543 g/mol. The predicted molar refractivity (Wildman–Crippen MR) is 142 cm³/mol. The van der Waals surface area contributed by atoms with E-state index in [1.54, 1.807) is 31.2 Å². The molecule has 0 unspecified atom stereocenters. The Morgan fingerprint density at radius 3 is 2.19 bits per heavy atom. The molecule has 0 saturated carbocycles. The summed E-state index contributed by atoms with van der Waals surface area (Å²) in [6, 6.07) is 19.2. The van der Waals surface area contributed by atoms with Gasteiger partial charge in [0.2, 0.25) is 15.9 Å². The van der Waals surface area contributed by atoms with Crippen LogP contribution in [-0.2, 0) is 29.6 Å². The van der Waals surface area contributed by atoms with Crippen LogP contribution in [0.2, 0.25) is 0 Å². The van der Waals surface area contributed by atoms with Crippen LogP contribution in [-0.4, -0.2) is 59.9 Å². The van der Waals surface area contributed by atoms with Gasteiger partial charge < -0.3 is 10.1 Å². The largest absolute Gasteiger partial charge is 0.379 e. The Bertz CT molecular complexity index is 1470. The Hall–Kier alpha value is -3.25. The second-order valence-corrected chi connectivity index (χ2v) is 12.5. The molecule has 1 fully saturated rings. The van der Waals surface area contributed by atoms with Crippen LogP contribution in [0.5, 0.6) is 0 Å². The summed E-state index contributed by atoms with van der Waals surface area (Å²) >= 11 is 0. The van der Waals surface area contributed by atoms with E-state index in [-0.39, 0.29) is 22.9 Å². The molecule has 0 radical (unpaired) electrons. The summed E-state index contributed by atoms with van der Waals surface area (Å²) in [6.45, 7) is 4.42. The Morgan fingerprint density at radius 1 is 0.892 bits per heavy atom. The van der Waals surface area contributed by atoms with E-state index in [0.717, 1.165) is 9.87 Å². The smallest absolute Gasteiger partial charge is 0.264 e. The zero-order chi connectivity index (χ0) is 26.6. The molecule has 9 nitrogen and oxygen atoms in total. The highest BCUT2D eigenvalue weighted by Crippen LogP contribution is 2.28. The van der Waals surface area contributed by atoms with E-state index in [4.69, 9.17) is 4.74 Å². The molecule has 4 rings (SSSR count). The third kappa shape index (κ3) is 6.02. The average Bonchev–Trinajstić information content (AvgIpc) is 2.90. The topological polar surface area (TPSA) is 113 Å². The van der Waals surface area contributed by atoms with E-state index in [0.29, 0.717) is 30.2 Å². The highest BCUT2D eigenvalue weighted by Gasteiger charge is 2.29. The highest BCUT2D eigenvalue weighted by molar-refractivity contribution is 7.92.